The standard InChI is InChI=1S/C11H12BF3O3/c1-2-16-8-5-17-12(18-6-8)7-3-9(13)11(15)10(14)4-7/h3-4,8H,2,5-6H2,1H3. The van der Waals surface area contributed by atoms with Crippen LogP contribution in [0.3, 0.4) is 0 Å². The average molecular weight is 260 g/mol. The van der Waals surface area contributed by atoms with Crippen molar-refractivity contribution in [3.63, 3.8) is 0 Å². The summed E-state index contributed by atoms with van der Waals surface area (Å²) in [6.07, 6.45) is -0.193. The molecule has 7 heteroatoms. The van der Waals surface area contributed by atoms with Gasteiger partial charge in [0.2, 0.25) is 0 Å². The molecule has 1 fully saturated rings. The van der Waals surface area contributed by atoms with Crippen molar-refractivity contribution in [2.75, 3.05) is 19.8 Å². The van der Waals surface area contributed by atoms with Crippen molar-refractivity contribution in [3.8, 4) is 0 Å². The van der Waals surface area contributed by atoms with E-state index in [4.69, 9.17) is 14.0 Å². The lowest BCUT2D eigenvalue weighted by Gasteiger charge is -2.27. The minimum atomic E-state index is -1.50. The molecule has 0 aromatic heterocycles. The molecule has 0 radical (unpaired) electrons. The van der Waals surface area contributed by atoms with E-state index in [0.29, 0.717) is 6.61 Å². The molecule has 1 aliphatic rings. The number of hydrogen-bond acceptors (Lipinski definition) is 3. The van der Waals surface area contributed by atoms with E-state index in [0.717, 1.165) is 12.1 Å². The number of rotatable bonds is 3. The van der Waals surface area contributed by atoms with Gasteiger partial charge in [0.25, 0.3) is 0 Å². The van der Waals surface area contributed by atoms with Gasteiger partial charge >= 0.3 is 7.12 Å². The molecule has 0 N–H and O–H groups in total. The minimum absolute atomic E-state index is 0.112. The molecule has 0 amide bonds. The van der Waals surface area contributed by atoms with Crippen LogP contribution < -0.4 is 5.46 Å². The summed E-state index contributed by atoms with van der Waals surface area (Å²) >= 11 is 0. The lowest BCUT2D eigenvalue weighted by Crippen LogP contribution is -2.47. The first kappa shape index (κ1) is 13.4. The summed E-state index contributed by atoms with van der Waals surface area (Å²) in [4.78, 5) is 0. The Morgan fingerprint density at radius 3 is 2.28 bits per heavy atom. The molecular weight excluding hydrogens is 248 g/mol. The molecule has 0 atom stereocenters. The SMILES string of the molecule is CCOC1COB(c2cc(F)c(F)c(F)c2)OC1. The quantitative estimate of drug-likeness (QED) is 0.604. The highest BCUT2D eigenvalue weighted by Crippen LogP contribution is 2.11. The Kier molecular flexibility index (Phi) is 4.26. The molecule has 18 heavy (non-hydrogen) atoms. The third-order valence-electron chi connectivity index (χ3n) is 2.55. The van der Waals surface area contributed by atoms with E-state index >= 15 is 0 Å². The summed E-state index contributed by atoms with van der Waals surface area (Å²) in [5.41, 5.74) is 0.112. The lowest BCUT2D eigenvalue weighted by atomic mass is 9.78. The van der Waals surface area contributed by atoms with Crippen molar-refractivity contribution in [2.45, 2.75) is 13.0 Å². The number of hydrogen-bond donors (Lipinski definition) is 0. The second-order valence-corrected chi connectivity index (χ2v) is 3.87. The van der Waals surface area contributed by atoms with E-state index in [1.54, 1.807) is 0 Å². The van der Waals surface area contributed by atoms with Crippen molar-refractivity contribution in [1.29, 1.82) is 0 Å². The van der Waals surface area contributed by atoms with E-state index in [-0.39, 0.29) is 24.8 Å². The van der Waals surface area contributed by atoms with Gasteiger partial charge in [0.05, 0.1) is 13.2 Å². The van der Waals surface area contributed by atoms with Gasteiger partial charge in [0.1, 0.15) is 6.10 Å². The molecule has 2 rings (SSSR count). The van der Waals surface area contributed by atoms with Crippen molar-refractivity contribution in [1.82, 2.24) is 0 Å². The summed E-state index contributed by atoms with van der Waals surface area (Å²) < 4.78 is 54.7. The fourth-order valence-corrected chi connectivity index (χ4v) is 1.72. The molecule has 1 aromatic rings. The molecule has 0 aliphatic carbocycles. The molecule has 1 heterocycles. The Bertz CT molecular complexity index is 399. The topological polar surface area (TPSA) is 27.7 Å². The molecule has 1 saturated heterocycles. The number of benzene rings is 1. The van der Waals surface area contributed by atoms with E-state index in [9.17, 15) is 13.2 Å². The Labute approximate surface area is 103 Å². The number of ether oxygens (including phenoxy) is 1. The molecular formula is C11H12BF3O3. The molecule has 0 unspecified atom stereocenters. The van der Waals surface area contributed by atoms with Gasteiger partial charge in [-0.2, -0.15) is 0 Å². The van der Waals surface area contributed by atoms with E-state index in [1.165, 1.54) is 0 Å². The van der Waals surface area contributed by atoms with Crippen molar-refractivity contribution in [3.05, 3.63) is 29.6 Å². The molecule has 0 bridgehead atoms. The van der Waals surface area contributed by atoms with Crippen molar-refractivity contribution in [2.24, 2.45) is 0 Å². The Balaban J connectivity index is 2.05. The Morgan fingerprint density at radius 2 is 1.78 bits per heavy atom. The zero-order valence-corrected chi connectivity index (χ0v) is 9.79. The van der Waals surface area contributed by atoms with Crippen LogP contribution >= 0.6 is 0 Å². The monoisotopic (exact) mass is 260 g/mol. The third kappa shape index (κ3) is 2.85. The van der Waals surface area contributed by atoms with Crippen LogP contribution in [0.15, 0.2) is 12.1 Å². The predicted octanol–water partition coefficient (Wildman–Crippen LogP) is 1.25. The summed E-state index contributed by atoms with van der Waals surface area (Å²) in [5, 5.41) is 0. The van der Waals surface area contributed by atoms with Gasteiger partial charge in [-0.15, -0.1) is 0 Å². The van der Waals surface area contributed by atoms with Gasteiger partial charge in [-0.25, -0.2) is 13.2 Å². The zero-order valence-electron chi connectivity index (χ0n) is 9.79. The normalized spacial score (nSPS) is 17.2. The van der Waals surface area contributed by atoms with Gasteiger partial charge < -0.3 is 14.0 Å². The van der Waals surface area contributed by atoms with Gasteiger partial charge in [0.15, 0.2) is 17.5 Å². The van der Waals surface area contributed by atoms with E-state index in [1.807, 2.05) is 6.92 Å². The zero-order chi connectivity index (χ0) is 13.1. The maximum absolute atomic E-state index is 13.0. The molecule has 1 aromatic carbocycles. The highest BCUT2D eigenvalue weighted by atomic mass is 19.2. The molecule has 0 saturated carbocycles. The van der Waals surface area contributed by atoms with Crippen LogP contribution in [0.4, 0.5) is 13.2 Å². The molecule has 3 nitrogen and oxygen atoms in total. The summed E-state index contributed by atoms with van der Waals surface area (Å²) in [5.74, 6) is -4.02. The highest BCUT2D eigenvalue weighted by Gasteiger charge is 2.31. The molecule has 1 aliphatic heterocycles. The smallest absolute Gasteiger partial charge is 0.404 e. The third-order valence-corrected chi connectivity index (χ3v) is 2.55. The van der Waals surface area contributed by atoms with Crippen LogP contribution in [0.2, 0.25) is 0 Å². The summed E-state index contributed by atoms with van der Waals surface area (Å²) in [6, 6.07) is 1.73. The molecule has 0 spiro atoms. The van der Waals surface area contributed by atoms with Crippen LogP contribution in [0.5, 0.6) is 0 Å². The fraction of sp³-hybridized carbons (Fsp3) is 0.455. The van der Waals surface area contributed by atoms with Crippen LogP contribution in [0.1, 0.15) is 6.92 Å². The van der Waals surface area contributed by atoms with Crippen molar-refractivity contribution < 1.29 is 27.2 Å². The second kappa shape index (κ2) is 5.73. The maximum Gasteiger partial charge on any atom is 0.494 e. The van der Waals surface area contributed by atoms with Crippen LogP contribution in [-0.2, 0) is 14.0 Å². The Morgan fingerprint density at radius 1 is 1.22 bits per heavy atom. The van der Waals surface area contributed by atoms with Gasteiger partial charge in [-0.1, -0.05) is 0 Å². The summed E-state index contributed by atoms with van der Waals surface area (Å²) in [6.45, 7) is 2.90. The molecule has 98 valence electrons. The van der Waals surface area contributed by atoms with E-state index in [2.05, 4.69) is 0 Å². The fourth-order valence-electron chi connectivity index (χ4n) is 1.72. The largest absolute Gasteiger partial charge is 0.494 e. The average Bonchev–Trinajstić information content (AvgIpc) is 2.37. The predicted molar refractivity (Wildman–Crippen MR) is 59.0 cm³/mol. The Hall–Kier alpha value is -1.05. The minimum Gasteiger partial charge on any atom is -0.404 e. The first-order valence-electron chi connectivity index (χ1n) is 5.61. The number of halogens is 3. The van der Waals surface area contributed by atoms with Crippen LogP contribution in [-0.4, -0.2) is 33.0 Å². The first-order valence-corrected chi connectivity index (χ1v) is 5.61. The van der Waals surface area contributed by atoms with Crippen molar-refractivity contribution >= 4 is 12.6 Å². The summed E-state index contributed by atoms with van der Waals surface area (Å²) in [7, 11) is -0.897. The highest BCUT2D eigenvalue weighted by molar-refractivity contribution is 6.61. The first-order chi connectivity index (χ1) is 8.61. The second-order valence-electron chi connectivity index (χ2n) is 3.87. The lowest BCUT2D eigenvalue weighted by molar-refractivity contribution is -0.0376. The maximum atomic E-state index is 13.0. The van der Waals surface area contributed by atoms with Crippen LogP contribution in [0.25, 0.3) is 0 Å². The van der Waals surface area contributed by atoms with Gasteiger partial charge in [0, 0.05) is 6.61 Å². The van der Waals surface area contributed by atoms with Gasteiger partial charge in [-0.05, 0) is 24.5 Å². The van der Waals surface area contributed by atoms with E-state index < -0.39 is 24.6 Å². The van der Waals surface area contributed by atoms with Crippen LogP contribution in [0, 0.1) is 17.5 Å². The van der Waals surface area contributed by atoms with Gasteiger partial charge in [-0.3, -0.25) is 0 Å².